The van der Waals surface area contributed by atoms with Crippen LogP contribution in [0.15, 0.2) is 0 Å². The van der Waals surface area contributed by atoms with Crippen LogP contribution in [-0.4, -0.2) is 15.9 Å². The summed E-state index contributed by atoms with van der Waals surface area (Å²) in [6.45, 7) is 7.97. The molecule has 0 aromatic carbocycles. The Morgan fingerprint density at radius 1 is 1.24 bits per heavy atom. The molecule has 2 aromatic rings. The van der Waals surface area contributed by atoms with E-state index in [1.165, 1.54) is 16.2 Å². The van der Waals surface area contributed by atoms with E-state index in [1.807, 2.05) is 20.8 Å². The fraction of sp³-hybridized carbons (Fsp3) is 0.500. The standard InChI is InChI=1S/C14H20N4OS2/c1-5-10(13-16-7(2)9(4)20-13)18-12(19)6-11-8(3)17-14(15)21-11/h10H,5-6H2,1-4H3,(H2,15,17)(H,18,19)/t10-/m0/s1. The summed E-state index contributed by atoms with van der Waals surface area (Å²) in [4.78, 5) is 23.0. The Bertz CT molecular complexity index is 628. The second kappa shape index (κ2) is 6.53. The largest absolute Gasteiger partial charge is 0.375 e. The Morgan fingerprint density at radius 3 is 2.43 bits per heavy atom. The van der Waals surface area contributed by atoms with Gasteiger partial charge in [0, 0.05) is 9.75 Å². The summed E-state index contributed by atoms with van der Waals surface area (Å²) in [5.41, 5.74) is 7.53. The van der Waals surface area contributed by atoms with Crippen molar-refractivity contribution < 1.29 is 4.79 Å². The lowest BCUT2D eigenvalue weighted by Crippen LogP contribution is -2.29. The van der Waals surface area contributed by atoms with Crippen molar-refractivity contribution in [2.75, 3.05) is 5.73 Å². The van der Waals surface area contributed by atoms with Gasteiger partial charge in [-0.1, -0.05) is 6.92 Å². The molecule has 0 bridgehead atoms. The van der Waals surface area contributed by atoms with Crippen LogP contribution in [0.3, 0.4) is 0 Å². The molecule has 114 valence electrons. The smallest absolute Gasteiger partial charge is 0.225 e. The van der Waals surface area contributed by atoms with Crippen LogP contribution in [0.2, 0.25) is 0 Å². The molecule has 2 rings (SSSR count). The summed E-state index contributed by atoms with van der Waals surface area (Å²) in [5, 5.41) is 4.54. The maximum atomic E-state index is 12.2. The quantitative estimate of drug-likeness (QED) is 0.886. The number of thiazole rings is 2. The van der Waals surface area contributed by atoms with Gasteiger partial charge in [0.2, 0.25) is 5.91 Å². The van der Waals surface area contributed by atoms with Gasteiger partial charge in [-0.2, -0.15) is 0 Å². The van der Waals surface area contributed by atoms with Crippen LogP contribution < -0.4 is 11.1 Å². The van der Waals surface area contributed by atoms with Crippen molar-refractivity contribution in [2.45, 2.75) is 46.6 Å². The zero-order valence-corrected chi connectivity index (χ0v) is 14.3. The molecule has 0 radical (unpaired) electrons. The number of nitrogen functional groups attached to an aromatic ring is 1. The van der Waals surface area contributed by atoms with Crippen LogP contribution >= 0.6 is 22.7 Å². The molecule has 2 aromatic heterocycles. The van der Waals surface area contributed by atoms with E-state index in [-0.39, 0.29) is 11.9 Å². The Balaban J connectivity index is 2.04. The van der Waals surface area contributed by atoms with Gasteiger partial charge in [-0.25, -0.2) is 9.97 Å². The fourth-order valence-electron chi connectivity index (χ4n) is 1.99. The number of nitrogens with one attached hydrogen (secondary N) is 1. The molecular weight excluding hydrogens is 304 g/mol. The van der Waals surface area contributed by atoms with Gasteiger partial charge in [-0.3, -0.25) is 4.79 Å². The van der Waals surface area contributed by atoms with E-state index in [9.17, 15) is 4.79 Å². The number of anilines is 1. The van der Waals surface area contributed by atoms with Crippen molar-refractivity contribution in [3.05, 3.63) is 26.1 Å². The van der Waals surface area contributed by atoms with E-state index < -0.39 is 0 Å². The van der Waals surface area contributed by atoms with Crippen molar-refractivity contribution in [3.63, 3.8) is 0 Å². The van der Waals surface area contributed by atoms with Gasteiger partial charge in [0.1, 0.15) is 5.01 Å². The molecule has 0 spiro atoms. The lowest BCUT2D eigenvalue weighted by Gasteiger charge is -2.14. The summed E-state index contributed by atoms with van der Waals surface area (Å²) in [7, 11) is 0. The maximum Gasteiger partial charge on any atom is 0.225 e. The molecule has 21 heavy (non-hydrogen) atoms. The van der Waals surface area contributed by atoms with Crippen molar-refractivity contribution in [1.29, 1.82) is 0 Å². The number of amides is 1. The average Bonchev–Trinajstić information content (AvgIpc) is 2.90. The fourth-order valence-corrected chi connectivity index (χ4v) is 3.88. The third-order valence-corrected chi connectivity index (χ3v) is 5.49. The third kappa shape index (κ3) is 3.79. The lowest BCUT2D eigenvalue weighted by atomic mass is 10.2. The first-order valence-corrected chi connectivity index (χ1v) is 8.49. The summed E-state index contributed by atoms with van der Waals surface area (Å²) in [5.74, 6) is -0.0147. The first kappa shape index (κ1) is 15.9. The molecule has 0 saturated carbocycles. The van der Waals surface area contributed by atoms with Crippen LogP contribution in [0, 0.1) is 20.8 Å². The Hall–Kier alpha value is -1.47. The average molecular weight is 324 g/mol. The van der Waals surface area contributed by atoms with E-state index in [0.29, 0.717) is 11.6 Å². The maximum absolute atomic E-state index is 12.2. The number of carbonyl (C=O) groups excluding carboxylic acids is 1. The predicted octanol–water partition coefficient (Wildman–Crippen LogP) is 2.92. The molecule has 0 fully saturated rings. The second-order valence-corrected chi connectivity index (χ2v) is 7.31. The molecule has 0 aliphatic rings. The van der Waals surface area contributed by atoms with Gasteiger partial charge in [0.05, 0.1) is 23.9 Å². The third-order valence-electron chi connectivity index (χ3n) is 3.32. The molecule has 5 nitrogen and oxygen atoms in total. The summed E-state index contributed by atoms with van der Waals surface area (Å²) < 4.78 is 0. The zero-order valence-electron chi connectivity index (χ0n) is 12.7. The highest BCUT2D eigenvalue weighted by molar-refractivity contribution is 7.15. The number of aromatic nitrogens is 2. The minimum absolute atomic E-state index is 0.0147. The van der Waals surface area contributed by atoms with Crippen LogP contribution in [0.25, 0.3) is 0 Å². The summed E-state index contributed by atoms with van der Waals surface area (Å²) >= 11 is 3.02. The second-order valence-electron chi connectivity index (χ2n) is 4.96. The molecule has 1 atom stereocenters. The normalized spacial score (nSPS) is 12.4. The van der Waals surface area contributed by atoms with Gasteiger partial charge in [0.25, 0.3) is 0 Å². The van der Waals surface area contributed by atoms with E-state index in [1.54, 1.807) is 11.3 Å². The monoisotopic (exact) mass is 324 g/mol. The van der Waals surface area contributed by atoms with Crippen LogP contribution in [-0.2, 0) is 11.2 Å². The summed E-state index contributed by atoms with van der Waals surface area (Å²) in [6, 6.07) is -0.0273. The molecule has 2 heterocycles. The predicted molar refractivity (Wildman–Crippen MR) is 87.7 cm³/mol. The molecule has 7 heteroatoms. The van der Waals surface area contributed by atoms with Crippen molar-refractivity contribution in [3.8, 4) is 0 Å². The van der Waals surface area contributed by atoms with Crippen LogP contribution in [0.5, 0.6) is 0 Å². The number of nitrogens with zero attached hydrogens (tertiary/aromatic N) is 2. The molecule has 0 saturated heterocycles. The number of nitrogens with two attached hydrogens (primary N) is 1. The van der Waals surface area contributed by atoms with Crippen LogP contribution in [0.1, 0.15) is 45.5 Å². The molecule has 0 unspecified atom stereocenters. The molecule has 0 aliphatic heterocycles. The number of aryl methyl sites for hydroxylation is 3. The molecule has 0 aliphatic carbocycles. The van der Waals surface area contributed by atoms with Crippen molar-refractivity contribution in [1.82, 2.24) is 15.3 Å². The number of rotatable bonds is 5. The topological polar surface area (TPSA) is 80.9 Å². The highest BCUT2D eigenvalue weighted by Gasteiger charge is 2.18. The zero-order chi connectivity index (χ0) is 15.6. The minimum atomic E-state index is -0.0273. The molecule has 3 N–H and O–H groups in total. The first-order chi connectivity index (χ1) is 9.90. The SMILES string of the molecule is CC[C@H](NC(=O)Cc1sc(N)nc1C)c1nc(C)c(C)s1. The van der Waals surface area contributed by atoms with E-state index in [0.717, 1.165) is 27.7 Å². The van der Waals surface area contributed by atoms with Crippen molar-refractivity contribution in [2.24, 2.45) is 0 Å². The highest BCUT2D eigenvalue weighted by Crippen LogP contribution is 2.25. The van der Waals surface area contributed by atoms with E-state index in [2.05, 4.69) is 22.2 Å². The lowest BCUT2D eigenvalue weighted by molar-refractivity contribution is -0.121. The van der Waals surface area contributed by atoms with Gasteiger partial charge >= 0.3 is 0 Å². The van der Waals surface area contributed by atoms with Gasteiger partial charge < -0.3 is 11.1 Å². The molecular formula is C14H20N4OS2. The number of hydrogen-bond acceptors (Lipinski definition) is 6. The molecule has 1 amide bonds. The minimum Gasteiger partial charge on any atom is -0.375 e. The van der Waals surface area contributed by atoms with Gasteiger partial charge in [-0.15, -0.1) is 22.7 Å². The van der Waals surface area contributed by atoms with Gasteiger partial charge in [0.15, 0.2) is 5.13 Å². The highest BCUT2D eigenvalue weighted by atomic mass is 32.1. The van der Waals surface area contributed by atoms with Crippen molar-refractivity contribution >= 4 is 33.7 Å². The Labute approximate surface area is 132 Å². The Morgan fingerprint density at radius 2 is 1.95 bits per heavy atom. The summed E-state index contributed by atoms with van der Waals surface area (Å²) in [6.07, 6.45) is 1.14. The van der Waals surface area contributed by atoms with E-state index >= 15 is 0 Å². The van der Waals surface area contributed by atoms with Crippen LogP contribution in [0.4, 0.5) is 5.13 Å². The van der Waals surface area contributed by atoms with Gasteiger partial charge in [-0.05, 0) is 27.2 Å². The first-order valence-electron chi connectivity index (χ1n) is 6.85. The Kier molecular flexibility index (Phi) is 4.95. The number of hydrogen-bond donors (Lipinski definition) is 2. The van der Waals surface area contributed by atoms with E-state index in [4.69, 9.17) is 5.73 Å². The number of carbonyl (C=O) groups is 1.